The minimum atomic E-state index is 0.0541. The van der Waals surface area contributed by atoms with Gasteiger partial charge < -0.3 is 15.3 Å². The van der Waals surface area contributed by atoms with Crippen molar-refractivity contribution < 1.29 is 9.90 Å². The van der Waals surface area contributed by atoms with Gasteiger partial charge in [0, 0.05) is 38.0 Å². The summed E-state index contributed by atoms with van der Waals surface area (Å²) in [6.45, 7) is 2.52. The second kappa shape index (κ2) is 5.91. The van der Waals surface area contributed by atoms with Crippen LogP contribution in [0.1, 0.15) is 49.1 Å². The molecule has 1 aromatic carbocycles. The number of aliphatic hydroxyl groups excluding tert-OH is 1. The highest BCUT2D eigenvalue weighted by Gasteiger charge is 2.44. The minimum absolute atomic E-state index is 0.0541. The van der Waals surface area contributed by atoms with E-state index in [2.05, 4.69) is 17.4 Å². The number of carbonyl (C=O) groups is 1. The molecule has 124 valence electrons. The number of fused-ring (bicyclic) bond motifs is 1. The number of amides is 1. The monoisotopic (exact) mass is 314 g/mol. The topological polar surface area (TPSA) is 52.6 Å². The lowest BCUT2D eigenvalue weighted by Gasteiger charge is -2.38. The summed E-state index contributed by atoms with van der Waals surface area (Å²) in [5, 5.41) is 13.2. The number of aliphatic hydroxyl groups is 1. The molecule has 2 heterocycles. The van der Waals surface area contributed by atoms with E-state index in [4.69, 9.17) is 0 Å². The first-order valence-corrected chi connectivity index (χ1v) is 8.89. The van der Waals surface area contributed by atoms with Crippen LogP contribution < -0.4 is 5.32 Å². The third-order valence-corrected chi connectivity index (χ3v) is 6.15. The molecule has 1 saturated heterocycles. The third-order valence-electron chi connectivity index (χ3n) is 6.15. The van der Waals surface area contributed by atoms with E-state index < -0.39 is 0 Å². The summed E-state index contributed by atoms with van der Waals surface area (Å²) in [7, 11) is 0. The van der Waals surface area contributed by atoms with Crippen molar-refractivity contribution in [2.24, 2.45) is 5.41 Å². The van der Waals surface area contributed by atoms with Crippen LogP contribution in [0.5, 0.6) is 0 Å². The van der Waals surface area contributed by atoms with Gasteiger partial charge in [-0.3, -0.25) is 4.79 Å². The van der Waals surface area contributed by atoms with Gasteiger partial charge >= 0.3 is 0 Å². The summed E-state index contributed by atoms with van der Waals surface area (Å²) >= 11 is 0. The summed E-state index contributed by atoms with van der Waals surface area (Å²) in [6.07, 6.45) is 5.76. The average molecular weight is 314 g/mol. The maximum atomic E-state index is 12.7. The summed E-state index contributed by atoms with van der Waals surface area (Å²) in [4.78, 5) is 14.7. The Morgan fingerprint density at radius 3 is 2.87 bits per heavy atom. The van der Waals surface area contributed by atoms with E-state index in [1.807, 2.05) is 17.0 Å². The Morgan fingerprint density at radius 2 is 2.17 bits per heavy atom. The molecule has 0 radical (unpaired) electrons. The van der Waals surface area contributed by atoms with Crippen LogP contribution in [-0.2, 0) is 11.3 Å². The third kappa shape index (κ3) is 2.79. The molecule has 2 aliphatic heterocycles. The van der Waals surface area contributed by atoms with Gasteiger partial charge in [-0.2, -0.15) is 0 Å². The van der Waals surface area contributed by atoms with Crippen LogP contribution in [-0.4, -0.2) is 41.7 Å². The molecule has 1 saturated carbocycles. The summed E-state index contributed by atoms with van der Waals surface area (Å²) in [5.41, 5.74) is 2.89. The molecule has 2 N–H and O–H groups in total. The van der Waals surface area contributed by atoms with Gasteiger partial charge in [0.1, 0.15) is 0 Å². The van der Waals surface area contributed by atoms with E-state index in [-0.39, 0.29) is 18.4 Å². The van der Waals surface area contributed by atoms with Crippen molar-refractivity contribution in [3.8, 4) is 0 Å². The van der Waals surface area contributed by atoms with Gasteiger partial charge in [-0.05, 0) is 35.8 Å². The van der Waals surface area contributed by atoms with Gasteiger partial charge in [0.05, 0.1) is 6.61 Å². The number of hydrogen-bond acceptors (Lipinski definition) is 3. The molecule has 1 aromatic rings. The Kier molecular flexibility index (Phi) is 3.90. The predicted octanol–water partition coefficient (Wildman–Crippen LogP) is 2.03. The molecule has 2 atom stereocenters. The summed E-state index contributed by atoms with van der Waals surface area (Å²) < 4.78 is 0. The molecule has 1 aliphatic carbocycles. The van der Waals surface area contributed by atoms with Crippen molar-refractivity contribution in [1.29, 1.82) is 0 Å². The van der Waals surface area contributed by atoms with Crippen LogP contribution in [0.3, 0.4) is 0 Å². The molecule has 23 heavy (non-hydrogen) atoms. The van der Waals surface area contributed by atoms with Crippen molar-refractivity contribution in [2.75, 3.05) is 19.7 Å². The van der Waals surface area contributed by atoms with Gasteiger partial charge in [0.15, 0.2) is 0 Å². The minimum Gasteiger partial charge on any atom is -0.396 e. The normalized spacial score (nSPS) is 28.5. The zero-order chi connectivity index (χ0) is 15.9. The van der Waals surface area contributed by atoms with Gasteiger partial charge in [-0.25, -0.2) is 0 Å². The van der Waals surface area contributed by atoms with Crippen LogP contribution in [0.4, 0.5) is 0 Å². The second-order valence-corrected chi connectivity index (χ2v) is 7.69. The number of nitrogens with one attached hydrogen (secondary N) is 1. The largest absolute Gasteiger partial charge is 0.396 e. The fraction of sp³-hybridized carbons (Fsp3) is 0.632. The Bertz CT molecular complexity index is 597. The zero-order valence-corrected chi connectivity index (χ0v) is 13.6. The molecule has 2 unspecified atom stereocenters. The average Bonchev–Trinajstić information content (AvgIpc) is 2.98. The van der Waals surface area contributed by atoms with Crippen molar-refractivity contribution in [2.45, 2.75) is 50.6 Å². The summed E-state index contributed by atoms with van der Waals surface area (Å²) in [6, 6.07) is 8.53. The number of carbonyl (C=O) groups excluding carboxylic acids is 1. The lowest BCUT2D eigenvalue weighted by Crippen LogP contribution is -2.41. The highest BCUT2D eigenvalue weighted by Crippen LogP contribution is 2.47. The SMILES string of the molecule is O=C(CC1CC2(CCC2)CN1)N1Cc2ccccc2C(CO)C1. The molecular formula is C19H26N2O2. The molecule has 4 heteroatoms. The van der Waals surface area contributed by atoms with Gasteiger partial charge in [0.25, 0.3) is 0 Å². The standard InChI is InChI=1S/C19H26N2O2/c22-12-15-11-21(10-14-4-1-2-5-17(14)15)18(23)8-16-9-19(13-20-16)6-3-7-19/h1-2,4-5,15-16,20,22H,3,6-13H2. The maximum absolute atomic E-state index is 12.7. The van der Waals surface area contributed by atoms with Gasteiger partial charge in [-0.15, -0.1) is 0 Å². The molecule has 1 spiro atoms. The second-order valence-electron chi connectivity index (χ2n) is 7.69. The van der Waals surface area contributed by atoms with E-state index >= 15 is 0 Å². The quantitative estimate of drug-likeness (QED) is 0.897. The number of rotatable bonds is 3. The Labute approximate surface area is 137 Å². The van der Waals surface area contributed by atoms with E-state index in [1.165, 1.54) is 30.4 Å². The van der Waals surface area contributed by atoms with Crippen LogP contribution in [0.25, 0.3) is 0 Å². The van der Waals surface area contributed by atoms with Crippen LogP contribution in [0.2, 0.25) is 0 Å². The fourth-order valence-corrected chi connectivity index (χ4v) is 4.63. The summed E-state index contributed by atoms with van der Waals surface area (Å²) in [5.74, 6) is 0.283. The first kappa shape index (κ1) is 15.2. The maximum Gasteiger partial charge on any atom is 0.224 e. The van der Waals surface area contributed by atoms with Gasteiger partial charge in [0.2, 0.25) is 5.91 Å². The zero-order valence-electron chi connectivity index (χ0n) is 13.6. The smallest absolute Gasteiger partial charge is 0.224 e. The highest BCUT2D eigenvalue weighted by atomic mass is 16.3. The van der Waals surface area contributed by atoms with Gasteiger partial charge in [-0.1, -0.05) is 30.7 Å². The molecule has 4 rings (SSSR count). The van der Waals surface area contributed by atoms with Crippen molar-refractivity contribution in [3.63, 3.8) is 0 Å². The Hall–Kier alpha value is -1.39. The molecule has 1 amide bonds. The predicted molar refractivity (Wildman–Crippen MR) is 89.0 cm³/mol. The lowest BCUT2D eigenvalue weighted by molar-refractivity contribution is -0.133. The number of hydrogen-bond donors (Lipinski definition) is 2. The van der Waals surface area contributed by atoms with E-state index in [9.17, 15) is 9.90 Å². The van der Waals surface area contributed by atoms with Crippen molar-refractivity contribution >= 4 is 5.91 Å². The molecule has 4 nitrogen and oxygen atoms in total. The molecular weight excluding hydrogens is 288 g/mol. The molecule has 3 aliphatic rings. The van der Waals surface area contributed by atoms with Crippen molar-refractivity contribution in [1.82, 2.24) is 10.2 Å². The molecule has 0 bridgehead atoms. The van der Waals surface area contributed by atoms with E-state index in [0.717, 1.165) is 13.0 Å². The molecule has 0 aromatic heterocycles. The Balaban J connectivity index is 1.41. The van der Waals surface area contributed by atoms with E-state index in [0.29, 0.717) is 31.0 Å². The highest BCUT2D eigenvalue weighted by molar-refractivity contribution is 5.77. The first-order chi connectivity index (χ1) is 11.2. The van der Waals surface area contributed by atoms with Crippen molar-refractivity contribution in [3.05, 3.63) is 35.4 Å². The Morgan fingerprint density at radius 1 is 1.35 bits per heavy atom. The molecule has 2 fully saturated rings. The lowest BCUT2D eigenvalue weighted by atomic mass is 9.67. The number of benzene rings is 1. The van der Waals surface area contributed by atoms with Crippen LogP contribution in [0.15, 0.2) is 24.3 Å². The number of nitrogens with zero attached hydrogens (tertiary/aromatic N) is 1. The first-order valence-electron chi connectivity index (χ1n) is 8.89. The van der Waals surface area contributed by atoms with E-state index in [1.54, 1.807) is 0 Å². The fourth-order valence-electron chi connectivity index (χ4n) is 4.63. The van der Waals surface area contributed by atoms with Crippen LogP contribution in [0, 0.1) is 5.41 Å². The van der Waals surface area contributed by atoms with Crippen LogP contribution >= 0.6 is 0 Å².